The molecule has 1 N–H and O–H groups in total. The van der Waals surface area contributed by atoms with Crippen LogP contribution in [0.1, 0.15) is 40.2 Å². The zero-order chi connectivity index (χ0) is 20.2. The maximum atomic E-state index is 12.3. The lowest BCUT2D eigenvalue weighted by Crippen LogP contribution is -2.45. The summed E-state index contributed by atoms with van der Waals surface area (Å²) in [5.74, 6) is 1.77. The average Bonchev–Trinajstić information content (AvgIpc) is 2.63. The Morgan fingerprint density at radius 2 is 1.78 bits per heavy atom. The van der Waals surface area contributed by atoms with Crippen molar-refractivity contribution in [2.24, 2.45) is 4.99 Å². The maximum Gasteiger partial charge on any atom is 0.242 e. The summed E-state index contributed by atoms with van der Waals surface area (Å²) in [6.07, 6.45) is 1.02. The van der Waals surface area contributed by atoms with Crippen molar-refractivity contribution < 1.29 is 9.53 Å². The van der Waals surface area contributed by atoms with Gasteiger partial charge in [-0.3, -0.25) is 9.79 Å². The van der Waals surface area contributed by atoms with Crippen LogP contribution in [0, 0.1) is 0 Å². The minimum atomic E-state index is 0.119. The molecular weight excluding hydrogens is 340 g/mol. The summed E-state index contributed by atoms with van der Waals surface area (Å²) >= 11 is 0. The van der Waals surface area contributed by atoms with E-state index >= 15 is 0 Å². The number of aliphatic imine (C=N–C) groups is 1. The van der Waals surface area contributed by atoms with Crippen molar-refractivity contribution in [2.75, 3.05) is 39.8 Å². The first kappa shape index (κ1) is 22.8. The predicted molar refractivity (Wildman–Crippen MR) is 112 cm³/mol. The van der Waals surface area contributed by atoms with E-state index in [-0.39, 0.29) is 12.0 Å². The molecule has 0 fully saturated rings. The number of rotatable bonds is 10. The van der Waals surface area contributed by atoms with Gasteiger partial charge in [0.05, 0.1) is 12.6 Å². The Kier molecular flexibility index (Phi) is 10.3. The molecule has 0 aliphatic rings. The quantitative estimate of drug-likeness (QED) is 0.504. The van der Waals surface area contributed by atoms with Crippen molar-refractivity contribution >= 4 is 11.9 Å². The summed E-state index contributed by atoms with van der Waals surface area (Å²) in [6, 6.07) is 8.15. The minimum absolute atomic E-state index is 0.119. The van der Waals surface area contributed by atoms with Gasteiger partial charge in [-0.15, -0.1) is 0 Å². The molecule has 0 saturated heterocycles. The third-order valence-electron chi connectivity index (χ3n) is 4.14. The zero-order valence-electron chi connectivity index (χ0n) is 17.8. The zero-order valence-corrected chi connectivity index (χ0v) is 17.8. The fraction of sp³-hybridized carbons (Fsp3) is 0.619. The highest BCUT2D eigenvalue weighted by molar-refractivity contribution is 5.86. The van der Waals surface area contributed by atoms with Gasteiger partial charge in [-0.2, -0.15) is 0 Å². The molecule has 0 saturated carbocycles. The smallest absolute Gasteiger partial charge is 0.242 e. The van der Waals surface area contributed by atoms with Crippen LogP contribution in [0.15, 0.2) is 29.3 Å². The van der Waals surface area contributed by atoms with E-state index in [1.165, 1.54) is 5.56 Å². The molecule has 0 spiro atoms. The summed E-state index contributed by atoms with van der Waals surface area (Å²) < 4.78 is 5.67. The molecule has 0 aromatic heterocycles. The summed E-state index contributed by atoms with van der Waals surface area (Å²) in [7, 11) is 1.90. The van der Waals surface area contributed by atoms with Crippen molar-refractivity contribution in [3.8, 4) is 5.75 Å². The summed E-state index contributed by atoms with van der Waals surface area (Å²) in [6.45, 7) is 13.3. The average molecular weight is 377 g/mol. The number of hydrogen-bond acceptors (Lipinski definition) is 3. The predicted octanol–water partition coefficient (Wildman–Crippen LogP) is 2.78. The van der Waals surface area contributed by atoms with E-state index in [0.29, 0.717) is 13.1 Å². The van der Waals surface area contributed by atoms with Crippen LogP contribution < -0.4 is 10.1 Å². The van der Waals surface area contributed by atoms with Gasteiger partial charge in [0.2, 0.25) is 5.91 Å². The minimum Gasteiger partial charge on any atom is -0.491 e. The first-order chi connectivity index (χ1) is 12.9. The molecule has 0 aliphatic carbocycles. The number of guanidine groups is 1. The second-order valence-corrected chi connectivity index (χ2v) is 6.72. The van der Waals surface area contributed by atoms with Gasteiger partial charge in [0.1, 0.15) is 5.75 Å². The van der Waals surface area contributed by atoms with Crippen LogP contribution in [0.2, 0.25) is 0 Å². The van der Waals surface area contributed by atoms with E-state index in [0.717, 1.165) is 37.8 Å². The van der Waals surface area contributed by atoms with E-state index < -0.39 is 0 Å². The van der Waals surface area contributed by atoms with Gasteiger partial charge >= 0.3 is 0 Å². The largest absolute Gasteiger partial charge is 0.491 e. The highest BCUT2D eigenvalue weighted by atomic mass is 16.5. The van der Waals surface area contributed by atoms with Crippen molar-refractivity contribution in [1.82, 2.24) is 15.1 Å². The fourth-order valence-electron chi connectivity index (χ4n) is 2.72. The van der Waals surface area contributed by atoms with Crippen LogP contribution >= 0.6 is 0 Å². The SMILES string of the molecule is CCNC(=NCCc1ccc(OC(C)C)cc1)N(C)CC(=O)N(CC)CC. The Balaban J connectivity index is 2.63. The second-order valence-electron chi connectivity index (χ2n) is 6.72. The molecular formula is C21H36N4O2. The van der Waals surface area contributed by atoms with Crippen LogP contribution in [-0.2, 0) is 11.2 Å². The summed E-state index contributed by atoms with van der Waals surface area (Å²) in [4.78, 5) is 20.7. The van der Waals surface area contributed by atoms with Gasteiger partial charge in [-0.25, -0.2) is 0 Å². The van der Waals surface area contributed by atoms with E-state index in [1.807, 2.05) is 63.6 Å². The molecule has 0 aliphatic heterocycles. The first-order valence-electron chi connectivity index (χ1n) is 9.93. The van der Waals surface area contributed by atoms with Gasteiger partial charge < -0.3 is 19.9 Å². The molecule has 1 aromatic rings. The number of likely N-dealkylation sites (N-methyl/N-ethyl adjacent to an activating group) is 2. The Morgan fingerprint density at radius 3 is 2.30 bits per heavy atom. The van der Waals surface area contributed by atoms with Gasteiger partial charge in [-0.1, -0.05) is 12.1 Å². The summed E-state index contributed by atoms with van der Waals surface area (Å²) in [5, 5.41) is 3.26. The van der Waals surface area contributed by atoms with Gasteiger partial charge in [0.15, 0.2) is 5.96 Å². The Bertz CT molecular complexity index is 580. The molecule has 0 bridgehead atoms. The molecule has 0 radical (unpaired) electrons. The molecule has 1 aromatic carbocycles. The van der Waals surface area contributed by atoms with E-state index in [9.17, 15) is 4.79 Å². The van der Waals surface area contributed by atoms with Crippen molar-refractivity contribution in [2.45, 2.75) is 47.1 Å². The van der Waals surface area contributed by atoms with E-state index in [4.69, 9.17) is 4.74 Å². The lowest BCUT2D eigenvalue weighted by Gasteiger charge is -2.25. The number of hydrogen-bond donors (Lipinski definition) is 1. The molecule has 0 heterocycles. The molecule has 1 rings (SSSR count). The normalized spacial score (nSPS) is 11.4. The molecule has 152 valence electrons. The van der Waals surface area contributed by atoms with Crippen LogP contribution in [0.3, 0.4) is 0 Å². The Morgan fingerprint density at radius 1 is 1.15 bits per heavy atom. The number of ether oxygens (including phenoxy) is 1. The van der Waals surface area contributed by atoms with E-state index in [1.54, 1.807) is 0 Å². The standard InChI is InChI=1S/C21H36N4O2/c1-7-22-21(24(6)16-20(26)25(8-2)9-3)23-15-14-18-10-12-19(13-11-18)27-17(4)5/h10-13,17H,7-9,14-16H2,1-6H3,(H,22,23). The Labute approximate surface area is 164 Å². The number of nitrogens with one attached hydrogen (secondary N) is 1. The number of carbonyl (C=O) groups excluding carboxylic acids is 1. The first-order valence-corrected chi connectivity index (χ1v) is 9.93. The molecule has 6 heteroatoms. The number of benzene rings is 1. The van der Waals surface area contributed by atoms with Crippen LogP contribution in [-0.4, -0.2) is 67.5 Å². The second kappa shape index (κ2) is 12.2. The number of amides is 1. The topological polar surface area (TPSA) is 57.2 Å². The van der Waals surface area contributed by atoms with Crippen molar-refractivity contribution in [1.29, 1.82) is 0 Å². The molecule has 6 nitrogen and oxygen atoms in total. The van der Waals surface area contributed by atoms with Crippen LogP contribution in [0.5, 0.6) is 5.75 Å². The molecule has 1 amide bonds. The van der Waals surface area contributed by atoms with Gasteiger partial charge in [-0.05, 0) is 58.7 Å². The fourth-order valence-corrected chi connectivity index (χ4v) is 2.72. The lowest BCUT2D eigenvalue weighted by molar-refractivity contribution is -0.131. The number of carbonyl (C=O) groups is 1. The van der Waals surface area contributed by atoms with Gasteiger partial charge in [0, 0.05) is 33.2 Å². The van der Waals surface area contributed by atoms with Crippen molar-refractivity contribution in [3.05, 3.63) is 29.8 Å². The van der Waals surface area contributed by atoms with Crippen LogP contribution in [0.4, 0.5) is 0 Å². The van der Waals surface area contributed by atoms with Gasteiger partial charge in [0.25, 0.3) is 0 Å². The third kappa shape index (κ3) is 8.33. The third-order valence-corrected chi connectivity index (χ3v) is 4.14. The highest BCUT2D eigenvalue weighted by Gasteiger charge is 2.14. The maximum absolute atomic E-state index is 12.3. The van der Waals surface area contributed by atoms with E-state index in [2.05, 4.69) is 22.4 Å². The molecule has 0 unspecified atom stereocenters. The van der Waals surface area contributed by atoms with Crippen molar-refractivity contribution in [3.63, 3.8) is 0 Å². The molecule has 0 atom stereocenters. The lowest BCUT2D eigenvalue weighted by atomic mass is 10.1. The Hall–Kier alpha value is -2.24. The molecule has 27 heavy (non-hydrogen) atoms. The van der Waals surface area contributed by atoms with Crippen LogP contribution in [0.25, 0.3) is 0 Å². The number of nitrogens with zero attached hydrogens (tertiary/aromatic N) is 3. The highest BCUT2D eigenvalue weighted by Crippen LogP contribution is 2.14. The monoisotopic (exact) mass is 376 g/mol. The summed E-state index contributed by atoms with van der Waals surface area (Å²) in [5.41, 5.74) is 1.22.